The Hall–Kier alpha value is -4.00. The molecule has 4 rings (SSSR count). The van der Waals surface area contributed by atoms with Crippen LogP contribution >= 0.6 is 0 Å². The van der Waals surface area contributed by atoms with E-state index in [0.29, 0.717) is 28.9 Å². The van der Waals surface area contributed by atoms with Gasteiger partial charge in [-0.15, -0.1) is 10.2 Å². The zero-order valence-corrected chi connectivity index (χ0v) is 17.4. The van der Waals surface area contributed by atoms with E-state index >= 15 is 0 Å². The number of rotatable bonds is 7. The lowest BCUT2D eigenvalue weighted by Gasteiger charge is -2.11. The standard InChI is InChI=1S/C24H23N5O2/c1-17(2)18-12-14-19(15-13-18)24-26-28-29(27-24)16-23(30)25-21-10-6-7-11-22(21)31-20-8-4-3-5-9-20/h3-15,17H,16H2,1-2H3,(H,25,30). The van der Waals surface area contributed by atoms with E-state index in [1.54, 1.807) is 12.1 Å². The summed E-state index contributed by atoms with van der Waals surface area (Å²) in [5.74, 6) is 1.91. The number of anilines is 1. The molecule has 0 bridgehead atoms. The van der Waals surface area contributed by atoms with Crippen LogP contribution in [0.15, 0.2) is 78.9 Å². The van der Waals surface area contributed by atoms with Gasteiger partial charge < -0.3 is 10.1 Å². The number of nitrogens with zero attached hydrogens (tertiary/aromatic N) is 4. The van der Waals surface area contributed by atoms with Crippen molar-refractivity contribution in [1.29, 1.82) is 0 Å². The number of hydrogen-bond acceptors (Lipinski definition) is 5. The van der Waals surface area contributed by atoms with E-state index < -0.39 is 0 Å². The van der Waals surface area contributed by atoms with Gasteiger partial charge in [-0.3, -0.25) is 4.79 Å². The number of ether oxygens (including phenoxy) is 1. The number of tetrazole rings is 1. The van der Waals surface area contributed by atoms with Crippen molar-refractivity contribution >= 4 is 11.6 Å². The second-order valence-electron chi connectivity index (χ2n) is 7.38. The average Bonchev–Trinajstić information content (AvgIpc) is 3.24. The van der Waals surface area contributed by atoms with E-state index in [4.69, 9.17) is 4.74 Å². The first kappa shape index (κ1) is 20.3. The van der Waals surface area contributed by atoms with Crippen molar-refractivity contribution in [2.24, 2.45) is 0 Å². The molecule has 1 heterocycles. The monoisotopic (exact) mass is 413 g/mol. The second kappa shape index (κ2) is 9.21. The minimum absolute atomic E-state index is 0.0588. The predicted molar refractivity (Wildman–Crippen MR) is 119 cm³/mol. The van der Waals surface area contributed by atoms with Crippen LogP contribution in [0, 0.1) is 0 Å². The first-order chi connectivity index (χ1) is 15.1. The van der Waals surface area contributed by atoms with Crippen LogP contribution in [0.1, 0.15) is 25.3 Å². The van der Waals surface area contributed by atoms with Gasteiger partial charge in [0.25, 0.3) is 0 Å². The summed E-state index contributed by atoms with van der Waals surface area (Å²) in [7, 11) is 0. The number of amides is 1. The molecule has 1 amide bonds. The maximum atomic E-state index is 12.6. The van der Waals surface area contributed by atoms with Crippen LogP contribution in [0.5, 0.6) is 11.5 Å². The normalized spacial score (nSPS) is 10.8. The molecule has 4 aromatic rings. The van der Waals surface area contributed by atoms with Crippen LogP contribution in [0.4, 0.5) is 5.69 Å². The summed E-state index contributed by atoms with van der Waals surface area (Å²) < 4.78 is 5.88. The summed E-state index contributed by atoms with van der Waals surface area (Å²) in [5.41, 5.74) is 2.67. The lowest BCUT2D eigenvalue weighted by atomic mass is 10.0. The minimum Gasteiger partial charge on any atom is -0.455 e. The number of nitrogens with one attached hydrogen (secondary N) is 1. The van der Waals surface area contributed by atoms with Crippen molar-refractivity contribution < 1.29 is 9.53 Å². The third kappa shape index (κ3) is 5.14. The van der Waals surface area contributed by atoms with Gasteiger partial charge in [0, 0.05) is 5.56 Å². The molecule has 1 N–H and O–H groups in total. The third-order valence-electron chi connectivity index (χ3n) is 4.71. The van der Waals surface area contributed by atoms with Crippen molar-refractivity contribution in [2.45, 2.75) is 26.3 Å². The van der Waals surface area contributed by atoms with E-state index in [-0.39, 0.29) is 12.5 Å². The van der Waals surface area contributed by atoms with Gasteiger partial charge in [0.15, 0.2) is 5.75 Å². The Morgan fingerprint density at radius 1 is 0.968 bits per heavy atom. The summed E-state index contributed by atoms with van der Waals surface area (Å²) >= 11 is 0. The number of carbonyl (C=O) groups is 1. The van der Waals surface area contributed by atoms with E-state index in [9.17, 15) is 4.79 Å². The molecular formula is C24H23N5O2. The maximum Gasteiger partial charge on any atom is 0.248 e. The lowest BCUT2D eigenvalue weighted by molar-refractivity contribution is -0.117. The Balaban J connectivity index is 1.42. The number of carbonyl (C=O) groups excluding carboxylic acids is 1. The Kier molecular flexibility index (Phi) is 6.03. The smallest absolute Gasteiger partial charge is 0.248 e. The topological polar surface area (TPSA) is 81.9 Å². The van der Waals surface area contributed by atoms with Gasteiger partial charge >= 0.3 is 0 Å². The Labute approximate surface area is 180 Å². The van der Waals surface area contributed by atoms with E-state index in [1.165, 1.54) is 10.4 Å². The summed E-state index contributed by atoms with van der Waals surface area (Å²) in [4.78, 5) is 13.8. The molecule has 0 unspecified atom stereocenters. The molecule has 0 saturated carbocycles. The Bertz CT molecular complexity index is 1150. The van der Waals surface area contributed by atoms with Crippen molar-refractivity contribution in [3.05, 3.63) is 84.4 Å². The highest BCUT2D eigenvalue weighted by atomic mass is 16.5. The fraction of sp³-hybridized carbons (Fsp3) is 0.167. The summed E-state index contributed by atoms with van der Waals surface area (Å²) in [5, 5.41) is 15.3. The van der Waals surface area contributed by atoms with Gasteiger partial charge in [0.1, 0.15) is 12.3 Å². The Morgan fingerprint density at radius 2 is 1.68 bits per heavy atom. The van der Waals surface area contributed by atoms with Crippen molar-refractivity contribution in [3.63, 3.8) is 0 Å². The van der Waals surface area contributed by atoms with Crippen molar-refractivity contribution in [1.82, 2.24) is 20.2 Å². The highest BCUT2D eigenvalue weighted by molar-refractivity contribution is 5.92. The van der Waals surface area contributed by atoms with E-state index in [0.717, 1.165) is 5.56 Å². The molecule has 1 aromatic heterocycles. The maximum absolute atomic E-state index is 12.6. The van der Waals surface area contributed by atoms with Gasteiger partial charge in [0.2, 0.25) is 11.7 Å². The van der Waals surface area contributed by atoms with Crippen LogP contribution in [-0.2, 0) is 11.3 Å². The second-order valence-corrected chi connectivity index (χ2v) is 7.38. The van der Waals surface area contributed by atoms with Gasteiger partial charge in [0.05, 0.1) is 5.69 Å². The molecule has 3 aromatic carbocycles. The first-order valence-corrected chi connectivity index (χ1v) is 10.1. The molecule has 0 spiro atoms. The average molecular weight is 413 g/mol. The van der Waals surface area contributed by atoms with Crippen LogP contribution in [0.2, 0.25) is 0 Å². The van der Waals surface area contributed by atoms with Gasteiger partial charge in [-0.2, -0.15) is 4.80 Å². The zero-order valence-electron chi connectivity index (χ0n) is 17.4. The highest BCUT2D eigenvalue weighted by Gasteiger charge is 2.12. The number of aromatic nitrogens is 4. The largest absolute Gasteiger partial charge is 0.455 e. The fourth-order valence-corrected chi connectivity index (χ4v) is 3.04. The lowest BCUT2D eigenvalue weighted by Crippen LogP contribution is -2.20. The summed E-state index contributed by atoms with van der Waals surface area (Å²) in [6, 6.07) is 24.7. The fourth-order valence-electron chi connectivity index (χ4n) is 3.04. The van der Waals surface area contributed by atoms with Gasteiger partial charge in [-0.1, -0.05) is 68.4 Å². The predicted octanol–water partition coefficient (Wildman–Crippen LogP) is 4.89. The molecule has 0 saturated heterocycles. The molecule has 0 aliphatic carbocycles. The molecule has 0 radical (unpaired) electrons. The van der Waals surface area contributed by atoms with Gasteiger partial charge in [-0.25, -0.2) is 0 Å². The van der Waals surface area contributed by atoms with E-state index in [2.05, 4.69) is 46.7 Å². The Morgan fingerprint density at radius 3 is 2.42 bits per heavy atom. The van der Waals surface area contributed by atoms with Crippen molar-refractivity contribution in [2.75, 3.05) is 5.32 Å². The zero-order chi connectivity index (χ0) is 21.6. The number of benzene rings is 3. The molecule has 7 heteroatoms. The minimum atomic E-state index is -0.275. The summed E-state index contributed by atoms with van der Waals surface area (Å²) in [6.07, 6.45) is 0. The molecule has 0 aliphatic rings. The molecule has 0 fully saturated rings. The van der Waals surface area contributed by atoms with Crippen LogP contribution in [0.3, 0.4) is 0 Å². The molecule has 0 aliphatic heterocycles. The molecular weight excluding hydrogens is 390 g/mol. The van der Waals surface area contributed by atoms with Crippen LogP contribution in [0.25, 0.3) is 11.4 Å². The molecule has 31 heavy (non-hydrogen) atoms. The van der Waals surface area contributed by atoms with Crippen molar-refractivity contribution in [3.8, 4) is 22.9 Å². The van der Waals surface area contributed by atoms with Crippen LogP contribution < -0.4 is 10.1 Å². The third-order valence-corrected chi connectivity index (χ3v) is 4.71. The van der Waals surface area contributed by atoms with Crippen LogP contribution in [-0.4, -0.2) is 26.1 Å². The highest BCUT2D eigenvalue weighted by Crippen LogP contribution is 2.29. The van der Waals surface area contributed by atoms with E-state index in [1.807, 2.05) is 54.6 Å². The molecule has 7 nitrogen and oxygen atoms in total. The first-order valence-electron chi connectivity index (χ1n) is 10.1. The number of para-hydroxylation sites is 3. The SMILES string of the molecule is CC(C)c1ccc(-c2nnn(CC(=O)Nc3ccccc3Oc3ccccc3)n2)cc1. The van der Waals surface area contributed by atoms with Gasteiger partial charge in [-0.05, 0) is 41.0 Å². The molecule has 0 atom stereocenters. The quantitative estimate of drug-likeness (QED) is 0.466. The molecule has 156 valence electrons. The summed E-state index contributed by atoms with van der Waals surface area (Å²) in [6.45, 7) is 4.23. The number of hydrogen-bond donors (Lipinski definition) is 1.